The van der Waals surface area contributed by atoms with Crippen LogP contribution in [0.1, 0.15) is 28.4 Å². The number of carbonyl (C=O) groups excluding carboxylic acids is 1. The minimum Gasteiger partial charge on any atom is -0.497 e. The molecule has 2 amide bonds. The first-order chi connectivity index (χ1) is 16.1. The van der Waals surface area contributed by atoms with E-state index in [4.69, 9.17) is 9.47 Å². The summed E-state index contributed by atoms with van der Waals surface area (Å²) < 4.78 is 10.9. The van der Waals surface area contributed by atoms with Crippen molar-refractivity contribution in [2.45, 2.75) is 19.4 Å². The number of aromatic amines is 1. The maximum atomic E-state index is 13.6. The average molecular weight is 442 g/mol. The zero-order valence-electron chi connectivity index (χ0n) is 19.0. The van der Waals surface area contributed by atoms with Crippen molar-refractivity contribution in [2.24, 2.45) is 0 Å². The maximum Gasteiger partial charge on any atom is 0.322 e. The lowest BCUT2D eigenvalue weighted by Crippen LogP contribution is -2.43. The van der Waals surface area contributed by atoms with Gasteiger partial charge in [-0.15, -0.1) is 0 Å². The van der Waals surface area contributed by atoms with Crippen molar-refractivity contribution in [3.63, 3.8) is 0 Å². The highest BCUT2D eigenvalue weighted by Crippen LogP contribution is 2.40. The monoisotopic (exact) mass is 441 g/mol. The molecular weight excluding hydrogens is 414 g/mol. The van der Waals surface area contributed by atoms with Crippen LogP contribution in [0.4, 0.5) is 10.5 Å². The molecule has 3 aromatic carbocycles. The second kappa shape index (κ2) is 8.54. The molecule has 1 atom stereocenters. The normalized spacial score (nSPS) is 15.2. The smallest absolute Gasteiger partial charge is 0.322 e. The Morgan fingerprint density at radius 1 is 1.03 bits per heavy atom. The molecule has 168 valence electrons. The standard InChI is InChI=1S/C27H27N3O3/c1-17-9-12-24(33-3)23(15-17)29-27(31)30-14-13-20-21-16-19(32-2)10-11-22(21)28-25(20)26(30)18-7-5-4-6-8-18/h4-12,15-16,26,28H,13-14H2,1-3H3,(H,29,31)/t26-/m1/s1. The number of urea groups is 1. The molecule has 0 saturated carbocycles. The predicted molar refractivity (Wildman–Crippen MR) is 130 cm³/mol. The molecule has 1 aromatic heterocycles. The zero-order valence-corrected chi connectivity index (χ0v) is 19.0. The molecule has 4 aromatic rings. The van der Waals surface area contributed by atoms with Crippen molar-refractivity contribution in [1.82, 2.24) is 9.88 Å². The van der Waals surface area contributed by atoms with Gasteiger partial charge in [0.2, 0.25) is 0 Å². The molecule has 0 spiro atoms. The van der Waals surface area contributed by atoms with E-state index in [9.17, 15) is 4.79 Å². The van der Waals surface area contributed by atoms with Crippen LogP contribution in [-0.4, -0.2) is 36.7 Å². The third kappa shape index (κ3) is 3.78. The van der Waals surface area contributed by atoms with E-state index in [1.54, 1.807) is 14.2 Å². The fourth-order valence-corrected chi connectivity index (χ4v) is 4.70. The molecule has 5 rings (SSSR count). The van der Waals surface area contributed by atoms with Crippen LogP contribution in [0.2, 0.25) is 0 Å². The van der Waals surface area contributed by atoms with Crippen LogP contribution >= 0.6 is 0 Å². The molecule has 1 aliphatic rings. The number of aromatic nitrogens is 1. The molecule has 2 N–H and O–H groups in total. The van der Waals surface area contributed by atoms with E-state index in [1.165, 1.54) is 5.56 Å². The second-order valence-corrected chi connectivity index (χ2v) is 8.32. The van der Waals surface area contributed by atoms with E-state index < -0.39 is 0 Å². The highest BCUT2D eigenvalue weighted by atomic mass is 16.5. The molecule has 0 radical (unpaired) electrons. The van der Waals surface area contributed by atoms with Gasteiger partial charge in [-0.3, -0.25) is 0 Å². The van der Waals surface area contributed by atoms with Gasteiger partial charge in [-0.25, -0.2) is 4.79 Å². The SMILES string of the molecule is COc1ccc2[nH]c3c(c2c1)CCN(C(=O)Nc1cc(C)ccc1OC)[C@@H]3c1ccccc1. The number of aryl methyl sites for hydroxylation is 1. The van der Waals surface area contributed by atoms with Crippen molar-refractivity contribution < 1.29 is 14.3 Å². The lowest BCUT2D eigenvalue weighted by Gasteiger charge is -2.36. The van der Waals surface area contributed by atoms with E-state index in [0.29, 0.717) is 18.0 Å². The van der Waals surface area contributed by atoms with Gasteiger partial charge < -0.3 is 24.7 Å². The Bertz CT molecular complexity index is 1310. The average Bonchev–Trinajstić information content (AvgIpc) is 3.22. The largest absolute Gasteiger partial charge is 0.497 e. The van der Waals surface area contributed by atoms with Gasteiger partial charge in [-0.05, 0) is 60.4 Å². The van der Waals surface area contributed by atoms with Crippen LogP contribution < -0.4 is 14.8 Å². The summed E-state index contributed by atoms with van der Waals surface area (Å²) in [7, 11) is 3.29. The third-order valence-corrected chi connectivity index (χ3v) is 6.31. The van der Waals surface area contributed by atoms with Gasteiger partial charge in [0, 0.05) is 23.1 Å². The first-order valence-corrected chi connectivity index (χ1v) is 11.0. The Kier molecular flexibility index (Phi) is 5.42. The van der Waals surface area contributed by atoms with Crippen LogP contribution in [0, 0.1) is 6.92 Å². The number of nitrogens with one attached hydrogen (secondary N) is 2. The number of hydrogen-bond donors (Lipinski definition) is 2. The lowest BCUT2D eigenvalue weighted by atomic mass is 9.92. The van der Waals surface area contributed by atoms with E-state index in [0.717, 1.165) is 39.9 Å². The quantitative estimate of drug-likeness (QED) is 0.429. The summed E-state index contributed by atoms with van der Waals surface area (Å²) in [6.07, 6.45) is 0.754. The van der Waals surface area contributed by atoms with Crippen LogP contribution in [0.15, 0.2) is 66.7 Å². The Morgan fingerprint density at radius 2 is 1.85 bits per heavy atom. The molecule has 33 heavy (non-hydrogen) atoms. The first kappa shape index (κ1) is 20.9. The van der Waals surface area contributed by atoms with Gasteiger partial charge >= 0.3 is 6.03 Å². The van der Waals surface area contributed by atoms with Gasteiger partial charge in [0.05, 0.1) is 25.9 Å². The Balaban J connectivity index is 1.57. The van der Waals surface area contributed by atoms with E-state index in [-0.39, 0.29) is 12.1 Å². The number of carbonyl (C=O) groups is 1. The molecule has 0 bridgehead atoms. The van der Waals surface area contributed by atoms with Crippen LogP contribution in [0.25, 0.3) is 10.9 Å². The summed E-state index contributed by atoms with van der Waals surface area (Å²) in [6.45, 7) is 2.59. The molecule has 0 aliphatic carbocycles. The Hall–Kier alpha value is -3.93. The minimum atomic E-state index is -0.232. The molecule has 6 heteroatoms. The molecular formula is C27H27N3O3. The second-order valence-electron chi connectivity index (χ2n) is 8.32. The van der Waals surface area contributed by atoms with Gasteiger partial charge in [0.15, 0.2) is 0 Å². The van der Waals surface area contributed by atoms with Gasteiger partial charge in [0.25, 0.3) is 0 Å². The molecule has 1 aliphatic heterocycles. The highest BCUT2D eigenvalue weighted by molar-refractivity contribution is 5.93. The topological polar surface area (TPSA) is 66.6 Å². The minimum absolute atomic E-state index is 0.158. The molecule has 0 saturated heterocycles. The van der Waals surface area contributed by atoms with Gasteiger partial charge in [0.1, 0.15) is 11.5 Å². The summed E-state index contributed by atoms with van der Waals surface area (Å²) >= 11 is 0. The third-order valence-electron chi connectivity index (χ3n) is 6.31. The fourth-order valence-electron chi connectivity index (χ4n) is 4.70. The summed E-state index contributed by atoms with van der Waals surface area (Å²) in [5.41, 5.74) is 6.10. The number of ether oxygens (including phenoxy) is 2. The summed E-state index contributed by atoms with van der Waals surface area (Å²) in [4.78, 5) is 19.1. The van der Waals surface area contributed by atoms with Crippen molar-refractivity contribution in [2.75, 3.05) is 26.1 Å². The number of benzene rings is 3. The summed E-state index contributed by atoms with van der Waals surface area (Å²) in [5.74, 6) is 1.47. The molecule has 2 heterocycles. The highest BCUT2D eigenvalue weighted by Gasteiger charge is 2.35. The van der Waals surface area contributed by atoms with E-state index in [2.05, 4.69) is 28.5 Å². The summed E-state index contributed by atoms with van der Waals surface area (Å²) in [6, 6.07) is 21.6. The fraction of sp³-hybridized carbons (Fsp3) is 0.222. The van der Waals surface area contributed by atoms with Crippen LogP contribution in [0.5, 0.6) is 11.5 Å². The van der Waals surface area contributed by atoms with Gasteiger partial charge in [-0.2, -0.15) is 0 Å². The lowest BCUT2D eigenvalue weighted by molar-refractivity contribution is 0.193. The zero-order chi connectivity index (χ0) is 22.9. The number of nitrogens with zero attached hydrogens (tertiary/aromatic N) is 1. The number of H-pyrrole nitrogens is 1. The maximum absolute atomic E-state index is 13.6. The number of hydrogen-bond acceptors (Lipinski definition) is 3. The van der Waals surface area contributed by atoms with Crippen LogP contribution in [-0.2, 0) is 6.42 Å². The number of rotatable bonds is 4. The van der Waals surface area contributed by atoms with Crippen molar-refractivity contribution in [1.29, 1.82) is 0 Å². The molecule has 0 unspecified atom stereocenters. The van der Waals surface area contributed by atoms with Gasteiger partial charge in [-0.1, -0.05) is 36.4 Å². The van der Waals surface area contributed by atoms with E-state index in [1.807, 2.05) is 60.4 Å². The Morgan fingerprint density at radius 3 is 2.61 bits per heavy atom. The van der Waals surface area contributed by atoms with Crippen molar-refractivity contribution >= 4 is 22.6 Å². The molecule has 6 nitrogen and oxygen atoms in total. The predicted octanol–water partition coefficient (Wildman–Crippen LogP) is 5.67. The van der Waals surface area contributed by atoms with Crippen molar-refractivity contribution in [3.8, 4) is 11.5 Å². The van der Waals surface area contributed by atoms with Crippen LogP contribution in [0.3, 0.4) is 0 Å². The number of methoxy groups -OCH3 is 2. The van der Waals surface area contributed by atoms with Crippen molar-refractivity contribution in [3.05, 3.63) is 89.1 Å². The number of amides is 2. The van der Waals surface area contributed by atoms with E-state index >= 15 is 0 Å². The molecule has 0 fully saturated rings. The number of anilines is 1. The number of fused-ring (bicyclic) bond motifs is 3. The summed E-state index contributed by atoms with van der Waals surface area (Å²) in [5, 5.41) is 4.23. The Labute approximate surface area is 193 Å². The first-order valence-electron chi connectivity index (χ1n) is 11.0.